The third kappa shape index (κ3) is 7.77. The van der Waals surface area contributed by atoms with E-state index in [9.17, 15) is 13.2 Å². The Morgan fingerprint density at radius 3 is 2.70 bits per heavy atom. The van der Waals surface area contributed by atoms with Gasteiger partial charge in [0, 0.05) is 62.3 Å². The van der Waals surface area contributed by atoms with E-state index < -0.39 is 15.9 Å². The van der Waals surface area contributed by atoms with Crippen molar-refractivity contribution in [1.82, 2.24) is 19.5 Å². The molecular weight excluding hydrogens is 520 g/mol. The van der Waals surface area contributed by atoms with E-state index in [1.54, 1.807) is 6.20 Å². The van der Waals surface area contributed by atoms with E-state index in [0.29, 0.717) is 30.3 Å². The standard InChI is InChI=1S/C23H32N6O6S2/c1-28-8-10-29(11-9-28)15-19-14-24-23(36-19)26-22(31)21(27-35-18-6-13-34-16-18)17-2-4-20(5-3-17)37(32,33)25-7-12-30/h2-5,14,18,25,30H,6-13,15-16H2,1H3,(H,24,26,31)/t18-/m1/s1. The summed E-state index contributed by atoms with van der Waals surface area (Å²) >= 11 is 1.40. The Kier molecular flexibility index (Phi) is 9.59. The van der Waals surface area contributed by atoms with Gasteiger partial charge in [-0.25, -0.2) is 18.1 Å². The summed E-state index contributed by atoms with van der Waals surface area (Å²) in [6.45, 7) is 5.31. The van der Waals surface area contributed by atoms with Gasteiger partial charge in [-0.2, -0.15) is 0 Å². The van der Waals surface area contributed by atoms with Crippen LogP contribution in [-0.2, 0) is 30.9 Å². The number of amides is 1. The highest BCUT2D eigenvalue weighted by atomic mass is 32.2. The van der Waals surface area contributed by atoms with Gasteiger partial charge in [-0.1, -0.05) is 17.3 Å². The van der Waals surface area contributed by atoms with Crippen LogP contribution in [0.4, 0.5) is 5.13 Å². The number of likely N-dealkylation sites (N-methyl/N-ethyl adjacent to an activating group) is 1. The summed E-state index contributed by atoms with van der Waals surface area (Å²) in [6, 6.07) is 5.71. The maximum Gasteiger partial charge on any atom is 0.280 e. The smallest absolute Gasteiger partial charge is 0.280 e. The Hall–Kier alpha value is -2.46. The van der Waals surface area contributed by atoms with Crippen LogP contribution >= 0.6 is 11.3 Å². The van der Waals surface area contributed by atoms with Crippen LogP contribution < -0.4 is 10.0 Å². The lowest BCUT2D eigenvalue weighted by atomic mass is 10.1. The van der Waals surface area contributed by atoms with Crippen LogP contribution in [0.15, 0.2) is 40.5 Å². The zero-order valence-electron chi connectivity index (χ0n) is 20.6. The number of aliphatic hydroxyl groups excluding tert-OH is 1. The number of hydrogen-bond donors (Lipinski definition) is 3. The minimum Gasteiger partial charge on any atom is -0.395 e. The van der Waals surface area contributed by atoms with Crippen LogP contribution in [0.1, 0.15) is 16.9 Å². The quantitative estimate of drug-likeness (QED) is 0.265. The lowest BCUT2D eigenvalue weighted by molar-refractivity contribution is -0.110. The highest BCUT2D eigenvalue weighted by Crippen LogP contribution is 2.21. The number of piperazine rings is 1. The molecule has 12 nitrogen and oxygen atoms in total. The van der Waals surface area contributed by atoms with Crippen LogP contribution in [0.2, 0.25) is 0 Å². The summed E-state index contributed by atoms with van der Waals surface area (Å²) in [5.74, 6) is -0.520. The summed E-state index contributed by atoms with van der Waals surface area (Å²) in [4.78, 5) is 28.8. The molecule has 37 heavy (non-hydrogen) atoms. The number of aromatic nitrogens is 1. The molecule has 2 aromatic rings. The summed E-state index contributed by atoms with van der Waals surface area (Å²) in [5, 5.41) is 16.2. The number of oxime groups is 1. The number of ether oxygens (including phenoxy) is 1. The molecule has 2 fully saturated rings. The van der Waals surface area contributed by atoms with Crippen LogP contribution in [0.5, 0.6) is 0 Å². The van der Waals surface area contributed by atoms with Gasteiger partial charge in [0.05, 0.1) is 24.7 Å². The number of aliphatic hydroxyl groups is 1. The van der Waals surface area contributed by atoms with Crippen molar-refractivity contribution in [1.29, 1.82) is 0 Å². The first-order valence-corrected chi connectivity index (χ1v) is 14.3. The Bertz CT molecular complexity index is 1170. The number of benzene rings is 1. The average molecular weight is 553 g/mol. The Morgan fingerprint density at radius 2 is 2.03 bits per heavy atom. The Morgan fingerprint density at radius 1 is 1.27 bits per heavy atom. The van der Waals surface area contributed by atoms with E-state index in [2.05, 4.69) is 37.0 Å². The number of nitrogens with zero attached hydrogens (tertiary/aromatic N) is 4. The normalized spacial score (nSPS) is 19.7. The molecule has 0 radical (unpaired) electrons. The number of anilines is 1. The number of nitrogens with one attached hydrogen (secondary N) is 2. The molecule has 14 heteroatoms. The predicted octanol–water partition coefficient (Wildman–Crippen LogP) is 0.309. The van der Waals surface area contributed by atoms with E-state index in [0.717, 1.165) is 37.6 Å². The summed E-state index contributed by atoms with van der Waals surface area (Å²) < 4.78 is 32.2. The molecule has 1 atom stereocenters. The lowest BCUT2D eigenvalue weighted by Gasteiger charge is -2.31. The Balaban J connectivity index is 1.47. The van der Waals surface area contributed by atoms with Gasteiger partial charge in [0.2, 0.25) is 10.0 Å². The van der Waals surface area contributed by atoms with Gasteiger partial charge in [-0.3, -0.25) is 15.0 Å². The molecule has 3 N–H and O–H groups in total. The number of hydrogen-bond acceptors (Lipinski definition) is 11. The van der Waals surface area contributed by atoms with Gasteiger partial charge in [0.1, 0.15) is 0 Å². The van der Waals surface area contributed by atoms with E-state index in [1.165, 1.54) is 35.6 Å². The number of carbonyl (C=O) groups is 1. The molecular formula is C23H32N6O6S2. The fraction of sp³-hybridized carbons (Fsp3) is 0.522. The van der Waals surface area contributed by atoms with Crippen molar-refractivity contribution < 1.29 is 27.9 Å². The van der Waals surface area contributed by atoms with Gasteiger partial charge in [-0.05, 0) is 19.2 Å². The summed E-state index contributed by atoms with van der Waals surface area (Å²) in [7, 11) is -1.67. The zero-order chi connectivity index (χ0) is 26.3. The van der Waals surface area contributed by atoms with E-state index in [1.807, 2.05) is 0 Å². The maximum absolute atomic E-state index is 13.2. The van der Waals surface area contributed by atoms with Crippen molar-refractivity contribution in [2.45, 2.75) is 24.0 Å². The second-order valence-corrected chi connectivity index (χ2v) is 11.7. The van der Waals surface area contributed by atoms with Gasteiger partial charge < -0.3 is 19.6 Å². The largest absolute Gasteiger partial charge is 0.395 e. The van der Waals surface area contributed by atoms with Gasteiger partial charge in [-0.15, -0.1) is 11.3 Å². The highest BCUT2D eigenvalue weighted by molar-refractivity contribution is 7.89. The average Bonchev–Trinajstić information content (AvgIpc) is 3.57. The van der Waals surface area contributed by atoms with Crippen molar-refractivity contribution in [2.24, 2.45) is 5.16 Å². The van der Waals surface area contributed by atoms with Crippen molar-refractivity contribution in [3.63, 3.8) is 0 Å². The highest BCUT2D eigenvalue weighted by Gasteiger charge is 2.22. The van der Waals surface area contributed by atoms with Crippen molar-refractivity contribution in [3.8, 4) is 0 Å². The van der Waals surface area contributed by atoms with Crippen LogP contribution in [-0.4, -0.2) is 106 Å². The molecule has 2 saturated heterocycles. The number of sulfonamides is 1. The van der Waals surface area contributed by atoms with Gasteiger partial charge in [0.15, 0.2) is 16.9 Å². The first-order chi connectivity index (χ1) is 17.8. The first kappa shape index (κ1) is 27.6. The molecule has 0 bridgehead atoms. The maximum atomic E-state index is 13.2. The fourth-order valence-electron chi connectivity index (χ4n) is 3.82. The third-order valence-corrected chi connectivity index (χ3v) is 8.36. The van der Waals surface area contributed by atoms with E-state index >= 15 is 0 Å². The van der Waals surface area contributed by atoms with Crippen molar-refractivity contribution >= 4 is 38.1 Å². The molecule has 0 aliphatic carbocycles. The van der Waals surface area contributed by atoms with Gasteiger partial charge >= 0.3 is 0 Å². The fourth-order valence-corrected chi connectivity index (χ4v) is 5.70. The lowest BCUT2D eigenvalue weighted by Crippen LogP contribution is -2.43. The predicted molar refractivity (Wildman–Crippen MR) is 139 cm³/mol. The molecule has 202 valence electrons. The molecule has 1 aromatic heterocycles. The molecule has 1 amide bonds. The molecule has 2 aliphatic heterocycles. The number of rotatable bonds is 11. The van der Waals surface area contributed by atoms with E-state index in [-0.39, 0.29) is 29.9 Å². The van der Waals surface area contributed by atoms with Crippen LogP contribution in [0.25, 0.3) is 0 Å². The molecule has 3 heterocycles. The second-order valence-electron chi connectivity index (χ2n) is 8.84. The molecule has 0 spiro atoms. The molecule has 0 saturated carbocycles. The minimum absolute atomic E-state index is 0.00282. The van der Waals surface area contributed by atoms with Crippen molar-refractivity contribution in [3.05, 3.63) is 40.9 Å². The number of thiazole rings is 1. The third-order valence-electron chi connectivity index (χ3n) is 5.99. The SMILES string of the molecule is CN1CCN(Cc2cnc(NC(=O)C(=NO[C@@H]3CCOC3)c3ccc(S(=O)(=O)NCCO)cc3)s2)CC1. The second kappa shape index (κ2) is 12.9. The molecule has 4 rings (SSSR count). The number of carbonyl (C=O) groups excluding carboxylic acids is 1. The topological polar surface area (TPSA) is 146 Å². The summed E-state index contributed by atoms with van der Waals surface area (Å²) in [5.41, 5.74) is 0.377. The summed E-state index contributed by atoms with van der Waals surface area (Å²) in [6.07, 6.45) is 2.16. The minimum atomic E-state index is -3.78. The van der Waals surface area contributed by atoms with Crippen LogP contribution in [0.3, 0.4) is 0 Å². The van der Waals surface area contributed by atoms with Gasteiger partial charge in [0.25, 0.3) is 5.91 Å². The first-order valence-electron chi connectivity index (χ1n) is 12.0. The molecule has 1 aromatic carbocycles. The van der Waals surface area contributed by atoms with Crippen LogP contribution in [0, 0.1) is 0 Å². The zero-order valence-corrected chi connectivity index (χ0v) is 22.3. The molecule has 2 aliphatic rings. The van der Waals surface area contributed by atoms with E-state index in [4.69, 9.17) is 14.7 Å². The van der Waals surface area contributed by atoms with Crippen molar-refractivity contribution in [2.75, 3.05) is 64.9 Å². The Labute approximate surface area is 220 Å². The monoisotopic (exact) mass is 552 g/mol. The molecule has 0 unspecified atom stereocenters.